The molecular formula is C42H80NO12P. The fourth-order valence-electron chi connectivity index (χ4n) is 6.89. The summed E-state index contributed by atoms with van der Waals surface area (Å²) in [6.07, 6.45) is 20.3. The van der Waals surface area contributed by atoms with Crippen LogP contribution in [0.3, 0.4) is 0 Å². The lowest BCUT2D eigenvalue weighted by atomic mass is 9.85. The number of rotatable bonds is 35. The SMILES string of the molecule is CCCC/C=C/CC/C=C/C(O)C(COP(=O)(O)OC1C(O)C(O)C(O)C(O)C1O)NC(=O)CC(O)CCCCCCCCCCCCCCCCCCCC. The number of hydrogen-bond acceptors (Lipinski definition) is 11. The van der Waals surface area contributed by atoms with E-state index in [1.165, 1.54) is 96.0 Å². The third kappa shape index (κ3) is 24.6. The zero-order valence-electron chi connectivity index (χ0n) is 34.5. The Balaban J connectivity index is 2.47. The van der Waals surface area contributed by atoms with Crippen LogP contribution < -0.4 is 5.32 Å². The number of allylic oxidation sites excluding steroid dienone is 3. The molecule has 0 aromatic carbocycles. The van der Waals surface area contributed by atoms with Gasteiger partial charge < -0.3 is 46.0 Å². The standard InChI is InChI=1S/C42H80NO12P/c1-3-5-7-9-11-13-14-15-16-17-18-19-20-21-22-23-25-27-29-33(44)31-36(46)43-34(35(45)30-28-26-24-12-10-8-6-4-2)32-54-56(52,53)55-42-40(50)38(48)37(47)39(49)41(42)51/h10,12,28,30,33-35,37-42,44-45,47-51H,3-9,11,13-27,29,31-32H2,1-2H3,(H,43,46)(H,52,53)/b12-10+,30-28+. The fraction of sp³-hybridized carbons (Fsp3) is 0.881. The molecule has 9 N–H and O–H groups in total. The van der Waals surface area contributed by atoms with Crippen LogP contribution in [0.4, 0.5) is 0 Å². The molecule has 1 fully saturated rings. The van der Waals surface area contributed by atoms with Gasteiger partial charge in [0, 0.05) is 0 Å². The quantitative estimate of drug-likeness (QED) is 0.0192. The zero-order valence-corrected chi connectivity index (χ0v) is 35.4. The molecule has 56 heavy (non-hydrogen) atoms. The van der Waals surface area contributed by atoms with Gasteiger partial charge >= 0.3 is 7.82 Å². The fourth-order valence-corrected chi connectivity index (χ4v) is 7.86. The molecule has 13 nitrogen and oxygen atoms in total. The highest BCUT2D eigenvalue weighted by atomic mass is 31.2. The van der Waals surface area contributed by atoms with Crippen LogP contribution in [0.15, 0.2) is 24.3 Å². The molecule has 0 spiro atoms. The second-order valence-electron chi connectivity index (χ2n) is 15.7. The average Bonchev–Trinajstić information content (AvgIpc) is 3.17. The number of aliphatic hydroxyl groups excluding tert-OH is 7. The van der Waals surface area contributed by atoms with Crippen LogP contribution in [0.25, 0.3) is 0 Å². The van der Waals surface area contributed by atoms with Gasteiger partial charge in [-0.1, -0.05) is 167 Å². The first-order valence-corrected chi connectivity index (χ1v) is 23.4. The van der Waals surface area contributed by atoms with Gasteiger partial charge in [0.25, 0.3) is 0 Å². The molecule has 1 saturated carbocycles. The Hall–Kier alpha value is -1.22. The average molecular weight is 822 g/mol. The van der Waals surface area contributed by atoms with E-state index in [1.807, 2.05) is 6.08 Å². The molecule has 0 radical (unpaired) electrons. The van der Waals surface area contributed by atoms with Crippen molar-refractivity contribution in [1.82, 2.24) is 5.32 Å². The highest BCUT2D eigenvalue weighted by Gasteiger charge is 2.51. The summed E-state index contributed by atoms with van der Waals surface area (Å²) in [5, 5.41) is 74.0. The van der Waals surface area contributed by atoms with Gasteiger partial charge in [0.2, 0.25) is 5.91 Å². The van der Waals surface area contributed by atoms with Crippen molar-refractivity contribution < 1.29 is 59.0 Å². The number of phosphoric ester groups is 1. The van der Waals surface area contributed by atoms with Crippen LogP contribution in [0.5, 0.6) is 0 Å². The zero-order chi connectivity index (χ0) is 41.6. The number of amides is 1. The summed E-state index contributed by atoms with van der Waals surface area (Å²) in [7, 11) is -5.14. The number of aliphatic hydroxyl groups is 7. The molecule has 8 atom stereocenters. The Labute approximate surface area is 337 Å². The Bertz CT molecular complexity index is 1060. The van der Waals surface area contributed by atoms with Crippen molar-refractivity contribution in [3.63, 3.8) is 0 Å². The van der Waals surface area contributed by atoms with Crippen molar-refractivity contribution in [3.8, 4) is 0 Å². The summed E-state index contributed by atoms with van der Waals surface area (Å²) in [5.41, 5.74) is 0. The molecule has 0 aliphatic heterocycles. The molecule has 0 aromatic heterocycles. The van der Waals surface area contributed by atoms with E-state index in [0.29, 0.717) is 12.8 Å². The molecule has 0 bridgehead atoms. The predicted octanol–water partition coefficient (Wildman–Crippen LogP) is 6.42. The molecule has 1 rings (SSSR count). The molecule has 330 valence electrons. The smallest absolute Gasteiger partial charge is 0.393 e. The summed E-state index contributed by atoms with van der Waals surface area (Å²) in [6, 6.07) is -1.25. The number of carbonyl (C=O) groups excluding carboxylic acids is 1. The molecule has 1 aliphatic rings. The van der Waals surface area contributed by atoms with E-state index in [-0.39, 0.29) is 6.42 Å². The third-order valence-corrected chi connectivity index (χ3v) is 11.5. The van der Waals surface area contributed by atoms with Crippen LogP contribution in [0, 0.1) is 0 Å². The van der Waals surface area contributed by atoms with Crippen molar-refractivity contribution in [2.75, 3.05) is 6.61 Å². The number of phosphoric acid groups is 1. The largest absolute Gasteiger partial charge is 0.472 e. The Morgan fingerprint density at radius 1 is 0.625 bits per heavy atom. The predicted molar refractivity (Wildman–Crippen MR) is 220 cm³/mol. The van der Waals surface area contributed by atoms with E-state index in [4.69, 9.17) is 9.05 Å². The highest BCUT2D eigenvalue weighted by Crippen LogP contribution is 2.47. The van der Waals surface area contributed by atoms with Gasteiger partial charge in [-0.3, -0.25) is 13.8 Å². The lowest BCUT2D eigenvalue weighted by molar-refractivity contribution is -0.220. The van der Waals surface area contributed by atoms with E-state index < -0.39 is 75.2 Å². The van der Waals surface area contributed by atoms with Crippen molar-refractivity contribution >= 4 is 13.7 Å². The summed E-state index contributed by atoms with van der Waals surface area (Å²) in [6.45, 7) is 3.63. The summed E-state index contributed by atoms with van der Waals surface area (Å²) < 4.78 is 22.7. The Morgan fingerprint density at radius 3 is 1.55 bits per heavy atom. The van der Waals surface area contributed by atoms with Crippen LogP contribution >= 0.6 is 7.82 Å². The molecule has 0 heterocycles. The maximum absolute atomic E-state index is 12.9. The monoisotopic (exact) mass is 822 g/mol. The van der Waals surface area contributed by atoms with E-state index in [9.17, 15) is 50.0 Å². The minimum absolute atomic E-state index is 0.250. The maximum Gasteiger partial charge on any atom is 0.472 e. The molecular weight excluding hydrogens is 741 g/mol. The van der Waals surface area contributed by atoms with Crippen molar-refractivity contribution in [2.45, 2.75) is 229 Å². The topological polar surface area (TPSA) is 226 Å². The number of nitrogens with one attached hydrogen (secondary N) is 1. The van der Waals surface area contributed by atoms with Gasteiger partial charge in [-0.25, -0.2) is 4.57 Å². The van der Waals surface area contributed by atoms with E-state index in [1.54, 1.807) is 6.08 Å². The van der Waals surface area contributed by atoms with E-state index in [0.717, 1.165) is 51.4 Å². The van der Waals surface area contributed by atoms with Gasteiger partial charge in [0.15, 0.2) is 0 Å². The molecule has 1 amide bonds. The molecule has 14 heteroatoms. The Morgan fingerprint density at radius 2 is 1.05 bits per heavy atom. The second kappa shape index (κ2) is 32.6. The first kappa shape index (κ1) is 52.8. The van der Waals surface area contributed by atoms with Crippen molar-refractivity contribution in [1.29, 1.82) is 0 Å². The molecule has 8 unspecified atom stereocenters. The molecule has 0 saturated heterocycles. The van der Waals surface area contributed by atoms with Crippen molar-refractivity contribution in [3.05, 3.63) is 24.3 Å². The normalized spacial score (nSPS) is 24.4. The lowest BCUT2D eigenvalue weighted by Crippen LogP contribution is -2.64. The summed E-state index contributed by atoms with van der Waals surface area (Å²) >= 11 is 0. The summed E-state index contributed by atoms with van der Waals surface area (Å²) in [4.78, 5) is 23.3. The highest BCUT2D eigenvalue weighted by molar-refractivity contribution is 7.47. The minimum atomic E-state index is -5.14. The van der Waals surface area contributed by atoms with E-state index >= 15 is 0 Å². The first-order chi connectivity index (χ1) is 26.8. The number of carbonyl (C=O) groups is 1. The minimum Gasteiger partial charge on any atom is -0.393 e. The second-order valence-corrected chi connectivity index (χ2v) is 17.1. The van der Waals surface area contributed by atoms with Gasteiger partial charge in [-0.15, -0.1) is 0 Å². The third-order valence-electron chi connectivity index (χ3n) is 10.5. The van der Waals surface area contributed by atoms with Crippen molar-refractivity contribution in [2.24, 2.45) is 0 Å². The maximum atomic E-state index is 12.9. The van der Waals surface area contributed by atoms with Crippen LogP contribution in [0.1, 0.15) is 174 Å². The van der Waals surface area contributed by atoms with Gasteiger partial charge in [-0.05, 0) is 25.7 Å². The van der Waals surface area contributed by atoms with Gasteiger partial charge in [-0.2, -0.15) is 0 Å². The number of hydrogen-bond donors (Lipinski definition) is 9. The molecule has 0 aromatic rings. The summed E-state index contributed by atoms with van der Waals surface area (Å²) in [5.74, 6) is -0.605. The molecule has 1 aliphatic carbocycles. The van der Waals surface area contributed by atoms with Gasteiger partial charge in [0.05, 0.1) is 31.3 Å². The number of unbranched alkanes of at least 4 members (excludes halogenated alkanes) is 20. The Kier molecular flexibility index (Phi) is 30.7. The van der Waals surface area contributed by atoms with Crippen LogP contribution in [-0.2, 0) is 18.4 Å². The lowest BCUT2D eigenvalue weighted by Gasteiger charge is -2.41. The first-order valence-electron chi connectivity index (χ1n) is 21.9. The van der Waals surface area contributed by atoms with Crippen LogP contribution in [-0.4, -0.2) is 108 Å². The van der Waals surface area contributed by atoms with Crippen LogP contribution in [0.2, 0.25) is 0 Å². The van der Waals surface area contributed by atoms with Gasteiger partial charge in [0.1, 0.15) is 36.6 Å². The van der Waals surface area contributed by atoms with E-state index in [2.05, 4.69) is 25.2 Å².